The summed E-state index contributed by atoms with van der Waals surface area (Å²) < 4.78 is 1.06. The van der Waals surface area contributed by atoms with Crippen LogP contribution in [0.1, 0.15) is 37.9 Å². The minimum atomic E-state index is 0. The van der Waals surface area contributed by atoms with Gasteiger partial charge in [0, 0.05) is 36.8 Å². The number of unbranched alkanes of at least 4 members (excludes halogenated alkanes) is 1. The smallest absolute Gasteiger partial charge is 0.0576 e. The summed E-state index contributed by atoms with van der Waals surface area (Å²) in [5.74, 6) is 0. The Labute approximate surface area is 142 Å². The predicted octanol–water partition coefficient (Wildman–Crippen LogP) is 3.82. The second kappa shape index (κ2) is 10.8. The molecule has 2 rings (SSSR count). The molecule has 116 valence electrons. The normalized spacial score (nSPS) is 16.9. The van der Waals surface area contributed by atoms with E-state index in [1.165, 1.54) is 25.0 Å². The minimum Gasteiger partial charge on any atom is -0.314 e. The molecule has 20 heavy (non-hydrogen) atoms. The van der Waals surface area contributed by atoms with Crippen LogP contribution < -0.4 is 5.32 Å². The van der Waals surface area contributed by atoms with Crippen LogP contribution in [0.15, 0.2) is 22.8 Å². The summed E-state index contributed by atoms with van der Waals surface area (Å²) in [6.07, 6.45) is 5.65. The van der Waals surface area contributed by atoms with Crippen molar-refractivity contribution in [3.63, 3.8) is 0 Å². The highest BCUT2D eigenvalue weighted by atomic mass is 79.9. The first-order chi connectivity index (χ1) is 8.81. The van der Waals surface area contributed by atoms with E-state index in [0.29, 0.717) is 6.04 Å². The van der Waals surface area contributed by atoms with Crippen molar-refractivity contribution in [1.29, 1.82) is 0 Å². The average molecular weight is 385 g/mol. The van der Waals surface area contributed by atoms with Gasteiger partial charge in [-0.3, -0.25) is 9.88 Å². The number of nitrogens with one attached hydrogen (secondary N) is 1. The summed E-state index contributed by atoms with van der Waals surface area (Å²) in [6.45, 7) is 6.71. The van der Waals surface area contributed by atoms with Crippen LogP contribution >= 0.6 is 40.7 Å². The Morgan fingerprint density at radius 2 is 2.00 bits per heavy atom. The Hall–Kier alpha value is 0.130. The zero-order valence-electron chi connectivity index (χ0n) is 11.8. The van der Waals surface area contributed by atoms with Gasteiger partial charge >= 0.3 is 0 Å². The molecule has 0 radical (unpaired) electrons. The molecule has 1 aliphatic rings. The van der Waals surface area contributed by atoms with Crippen LogP contribution in [0.2, 0.25) is 0 Å². The van der Waals surface area contributed by atoms with E-state index in [9.17, 15) is 0 Å². The topological polar surface area (TPSA) is 28.2 Å². The van der Waals surface area contributed by atoms with Gasteiger partial charge in [-0.2, -0.15) is 0 Å². The van der Waals surface area contributed by atoms with Gasteiger partial charge in [-0.05, 0) is 34.5 Å². The Morgan fingerprint density at radius 1 is 1.30 bits per heavy atom. The van der Waals surface area contributed by atoms with E-state index in [1.54, 1.807) is 0 Å². The molecule has 1 aromatic rings. The van der Waals surface area contributed by atoms with E-state index >= 15 is 0 Å². The van der Waals surface area contributed by atoms with Gasteiger partial charge in [0.1, 0.15) is 0 Å². The zero-order chi connectivity index (χ0) is 12.8. The van der Waals surface area contributed by atoms with Crippen molar-refractivity contribution in [3.05, 3.63) is 28.5 Å². The van der Waals surface area contributed by atoms with Crippen molar-refractivity contribution in [1.82, 2.24) is 15.2 Å². The molecule has 1 N–H and O–H groups in total. The van der Waals surface area contributed by atoms with Crippen LogP contribution in [-0.4, -0.2) is 36.1 Å². The van der Waals surface area contributed by atoms with Crippen LogP contribution in [0.5, 0.6) is 0 Å². The van der Waals surface area contributed by atoms with Crippen molar-refractivity contribution < 1.29 is 0 Å². The van der Waals surface area contributed by atoms with Crippen molar-refractivity contribution in [3.8, 4) is 0 Å². The second-order valence-corrected chi connectivity index (χ2v) is 5.76. The van der Waals surface area contributed by atoms with E-state index in [4.69, 9.17) is 0 Å². The highest BCUT2D eigenvalue weighted by molar-refractivity contribution is 9.10. The monoisotopic (exact) mass is 383 g/mol. The van der Waals surface area contributed by atoms with E-state index in [-0.39, 0.29) is 24.8 Å². The summed E-state index contributed by atoms with van der Waals surface area (Å²) in [5, 5.41) is 3.42. The molecule has 0 spiro atoms. The maximum absolute atomic E-state index is 4.60. The fraction of sp³-hybridized carbons (Fsp3) is 0.643. The first-order valence-corrected chi connectivity index (χ1v) is 7.66. The SMILES string of the molecule is CCCC[C@@H](c1ccc(Br)cn1)N1CCNCC1.Cl.Cl. The van der Waals surface area contributed by atoms with Crippen molar-refractivity contribution >= 4 is 40.7 Å². The van der Waals surface area contributed by atoms with Crippen LogP contribution in [0.3, 0.4) is 0 Å². The van der Waals surface area contributed by atoms with Crippen molar-refractivity contribution in [2.24, 2.45) is 0 Å². The summed E-state index contributed by atoms with van der Waals surface area (Å²) in [5.41, 5.74) is 1.22. The molecule has 0 aromatic carbocycles. The summed E-state index contributed by atoms with van der Waals surface area (Å²) >= 11 is 3.46. The molecule has 0 saturated carbocycles. The number of hydrogen-bond donors (Lipinski definition) is 1. The Bertz CT molecular complexity index is 356. The number of nitrogens with zero attached hydrogens (tertiary/aromatic N) is 2. The number of aromatic nitrogens is 1. The number of halogens is 3. The predicted molar refractivity (Wildman–Crippen MR) is 93.1 cm³/mol. The lowest BCUT2D eigenvalue weighted by Gasteiger charge is -2.34. The molecule has 1 aromatic heterocycles. The van der Waals surface area contributed by atoms with Crippen molar-refractivity contribution in [2.75, 3.05) is 26.2 Å². The van der Waals surface area contributed by atoms with E-state index in [1.807, 2.05) is 6.20 Å². The minimum absolute atomic E-state index is 0. The Morgan fingerprint density at radius 3 is 2.55 bits per heavy atom. The average Bonchev–Trinajstić information content (AvgIpc) is 2.42. The third kappa shape index (κ3) is 5.86. The van der Waals surface area contributed by atoms with Crippen LogP contribution in [0.4, 0.5) is 0 Å². The molecule has 1 saturated heterocycles. The van der Waals surface area contributed by atoms with Crippen LogP contribution in [0.25, 0.3) is 0 Å². The molecule has 0 amide bonds. The molecule has 1 aliphatic heterocycles. The molecule has 6 heteroatoms. The first kappa shape index (κ1) is 20.1. The van der Waals surface area contributed by atoms with Gasteiger partial charge in [-0.15, -0.1) is 24.8 Å². The Balaban J connectivity index is 0.00000180. The third-order valence-electron chi connectivity index (χ3n) is 3.52. The fourth-order valence-electron chi connectivity index (χ4n) is 2.49. The zero-order valence-corrected chi connectivity index (χ0v) is 15.1. The van der Waals surface area contributed by atoms with Gasteiger partial charge in [0.05, 0.1) is 11.7 Å². The summed E-state index contributed by atoms with van der Waals surface area (Å²) in [4.78, 5) is 7.17. The number of hydrogen-bond acceptors (Lipinski definition) is 3. The molecule has 2 heterocycles. The highest BCUT2D eigenvalue weighted by Crippen LogP contribution is 2.26. The number of rotatable bonds is 5. The lowest BCUT2D eigenvalue weighted by Crippen LogP contribution is -2.45. The first-order valence-electron chi connectivity index (χ1n) is 6.87. The Kier molecular flexibility index (Phi) is 10.9. The summed E-state index contributed by atoms with van der Waals surface area (Å²) in [6, 6.07) is 4.75. The standard InChI is InChI=1S/C14H22BrN3.2ClH/c1-2-3-4-14(18-9-7-16-8-10-18)13-6-5-12(15)11-17-13;;/h5-6,11,14,16H,2-4,7-10H2,1H3;2*1H/t14-;;/m0../s1. The number of pyridine rings is 1. The quantitative estimate of drug-likeness (QED) is 0.836. The fourth-order valence-corrected chi connectivity index (χ4v) is 2.73. The molecule has 3 nitrogen and oxygen atoms in total. The molecule has 0 bridgehead atoms. The third-order valence-corrected chi connectivity index (χ3v) is 3.98. The molecule has 0 aliphatic carbocycles. The van der Waals surface area contributed by atoms with E-state index < -0.39 is 0 Å². The van der Waals surface area contributed by atoms with Gasteiger partial charge in [0.15, 0.2) is 0 Å². The maximum atomic E-state index is 4.60. The molecular weight excluding hydrogens is 361 g/mol. The van der Waals surface area contributed by atoms with E-state index in [2.05, 4.69) is 50.2 Å². The summed E-state index contributed by atoms with van der Waals surface area (Å²) in [7, 11) is 0. The second-order valence-electron chi connectivity index (χ2n) is 4.85. The van der Waals surface area contributed by atoms with E-state index in [0.717, 1.165) is 30.7 Å². The molecular formula is C14H24BrCl2N3. The lowest BCUT2D eigenvalue weighted by atomic mass is 10.0. The van der Waals surface area contributed by atoms with Gasteiger partial charge in [0.2, 0.25) is 0 Å². The number of piperazine rings is 1. The highest BCUT2D eigenvalue weighted by Gasteiger charge is 2.22. The lowest BCUT2D eigenvalue weighted by molar-refractivity contribution is 0.160. The maximum Gasteiger partial charge on any atom is 0.0576 e. The van der Waals surface area contributed by atoms with Crippen LogP contribution in [-0.2, 0) is 0 Å². The largest absolute Gasteiger partial charge is 0.314 e. The van der Waals surface area contributed by atoms with Crippen LogP contribution in [0, 0.1) is 0 Å². The van der Waals surface area contributed by atoms with Crippen molar-refractivity contribution in [2.45, 2.75) is 32.2 Å². The molecule has 1 atom stereocenters. The van der Waals surface area contributed by atoms with Gasteiger partial charge < -0.3 is 5.32 Å². The molecule has 0 unspecified atom stereocenters. The van der Waals surface area contributed by atoms with Gasteiger partial charge in [-0.25, -0.2) is 0 Å². The van der Waals surface area contributed by atoms with Gasteiger partial charge in [0.25, 0.3) is 0 Å². The molecule has 1 fully saturated rings. The van der Waals surface area contributed by atoms with Gasteiger partial charge in [-0.1, -0.05) is 19.8 Å².